The number of carboxylic acid groups (broad SMARTS) is 1. The normalized spacial score (nSPS) is 19.0. The summed E-state index contributed by atoms with van der Waals surface area (Å²) in [5.74, 6) is 1.23. The van der Waals surface area contributed by atoms with Gasteiger partial charge in [0.05, 0.1) is 23.3 Å². The fourth-order valence-electron chi connectivity index (χ4n) is 5.51. The molecule has 174 valence electrons. The number of hydrogen-bond donors (Lipinski definition) is 1. The fraction of sp³-hybridized carbons (Fsp3) is 0.222. The first-order valence-electron chi connectivity index (χ1n) is 11.3. The Morgan fingerprint density at radius 1 is 1.23 bits per heavy atom. The van der Waals surface area contributed by atoms with Crippen LogP contribution in [0.15, 0.2) is 42.6 Å². The van der Waals surface area contributed by atoms with Crippen molar-refractivity contribution in [3.05, 3.63) is 65.5 Å². The Labute approximate surface area is 199 Å². The summed E-state index contributed by atoms with van der Waals surface area (Å²) >= 11 is 0. The lowest BCUT2D eigenvalue weighted by Gasteiger charge is -2.48. The van der Waals surface area contributed by atoms with Crippen LogP contribution >= 0.6 is 0 Å². The predicted molar refractivity (Wildman–Crippen MR) is 129 cm³/mol. The monoisotopic (exact) mass is 470 g/mol. The number of terminal acetylenes is 1. The van der Waals surface area contributed by atoms with Gasteiger partial charge in [0.2, 0.25) is 0 Å². The van der Waals surface area contributed by atoms with Crippen molar-refractivity contribution in [2.45, 2.75) is 25.4 Å². The van der Waals surface area contributed by atoms with Gasteiger partial charge in [-0.05, 0) is 30.9 Å². The molecule has 4 aromatic rings. The Balaban J connectivity index is 1.51. The van der Waals surface area contributed by atoms with Crippen LogP contribution in [0, 0.1) is 30.9 Å². The summed E-state index contributed by atoms with van der Waals surface area (Å²) in [5.41, 5.74) is 2.09. The first-order valence-corrected chi connectivity index (χ1v) is 11.3. The number of pyridine rings is 2. The number of anilines is 1. The summed E-state index contributed by atoms with van der Waals surface area (Å²) in [5, 5.41) is 11.1. The van der Waals surface area contributed by atoms with Crippen molar-refractivity contribution in [1.82, 2.24) is 14.9 Å². The first-order chi connectivity index (χ1) is 16.9. The molecule has 2 atom stereocenters. The molecule has 6 nitrogen and oxygen atoms in total. The van der Waals surface area contributed by atoms with Crippen LogP contribution in [0.3, 0.4) is 0 Å². The Bertz CT molecular complexity index is 1600. The summed E-state index contributed by atoms with van der Waals surface area (Å²) < 4.78 is 30.5. The maximum Gasteiger partial charge on any atom is 0.407 e. The minimum atomic E-state index is -0.914. The number of fused-ring (bicyclic) bond motifs is 3. The molecule has 8 heteroatoms. The standard InChI is InChI=1S/C27H20F2N4O2/c1-3-16-19(28)8-7-15-5-4-6-17(23(15)16)25-24(29)26-18(12-30-25)21(11-14(2)31-26)33-13-22-20(33)9-10-32(22)27(34)35/h1,4-8,11-12,20,22H,9-10,13H2,2H3,(H,34,35)/t20-,22-/m1/s1. The van der Waals surface area contributed by atoms with E-state index in [0.717, 1.165) is 5.69 Å². The van der Waals surface area contributed by atoms with E-state index in [1.54, 1.807) is 37.4 Å². The molecule has 0 aliphatic carbocycles. The highest BCUT2D eigenvalue weighted by Crippen LogP contribution is 2.41. The second-order valence-electron chi connectivity index (χ2n) is 8.99. The molecule has 6 rings (SSSR count). The van der Waals surface area contributed by atoms with E-state index in [-0.39, 0.29) is 28.9 Å². The molecule has 0 radical (unpaired) electrons. The van der Waals surface area contributed by atoms with E-state index in [2.05, 4.69) is 20.8 Å². The SMILES string of the molecule is C#Cc1c(F)ccc2cccc(-c3ncc4c(N5C[C@@H]6[C@H]5CCN6C(=O)O)cc(C)nc4c3F)c12. The Hall–Kier alpha value is -4.25. The molecule has 4 heterocycles. The van der Waals surface area contributed by atoms with Crippen molar-refractivity contribution in [3.63, 3.8) is 0 Å². The number of rotatable bonds is 2. The van der Waals surface area contributed by atoms with Crippen molar-refractivity contribution in [2.75, 3.05) is 18.0 Å². The minimum Gasteiger partial charge on any atom is -0.465 e. The van der Waals surface area contributed by atoms with Crippen LogP contribution in [0.4, 0.5) is 19.3 Å². The van der Waals surface area contributed by atoms with Crippen LogP contribution in [-0.2, 0) is 0 Å². The van der Waals surface area contributed by atoms with Gasteiger partial charge in [0.15, 0.2) is 5.82 Å². The molecule has 0 unspecified atom stereocenters. The van der Waals surface area contributed by atoms with E-state index < -0.39 is 17.7 Å². The molecule has 2 aromatic carbocycles. The number of aromatic nitrogens is 2. The van der Waals surface area contributed by atoms with Crippen molar-refractivity contribution in [3.8, 4) is 23.6 Å². The maximum atomic E-state index is 16.0. The highest BCUT2D eigenvalue weighted by molar-refractivity contribution is 6.02. The third kappa shape index (κ3) is 3.04. The lowest BCUT2D eigenvalue weighted by molar-refractivity contribution is 0.129. The van der Waals surface area contributed by atoms with Gasteiger partial charge in [-0.1, -0.05) is 30.2 Å². The Morgan fingerprint density at radius 3 is 2.83 bits per heavy atom. The predicted octanol–water partition coefficient (Wildman–Crippen LogP) is 4.96. The third-order valence-corrected chi connectivity index (χ3v) is 7.15. The first kappa shape index (κ1) is 21.3. The van der Waals surface area contributed by atoms with Crippen molar-refractivity contribution in [1.29, 1.82) is 0 Å². The molecular formula is C27H20F2N4O2. The van der Waals surface area contributed by atoms with Crippen LogP contribution in [-0.4, -0.2) is 51.2 Å². The molecule has 2 aliphatic rings. The molecule has 35 heavy (non-hydrogen) atoms. The molecule has 0 saturated carbocycles. The average Bonchev–Trinajstić information content (AvgIpc) is 3.16. The number of amides is 1. The quantitative estimate of drug-likeness (QED) is 0.420. The maximum absolute atomic E-state index is 16.0. The number of aryl methyl sites for hydroxylation is 1. The molecule has 0 bridgehead atoms. The molecular weight excluding hydrogens is 450 g/mol. The zero-order chi connectivity index (χ0) is 24.4. The molecule has 0 spiro atoms. The van der Waals surface area contributed by atoms with Crippen LogP contribution in [0.2, 0.25) is 0 Å². The van der Waals surface area contributed by atoms with Gasteiger partial charge >= 0.3 is 6.09 Å². The number of nitrogens with zero attached hydrogens (tertiary/aromatic N) is 4. The van der Waals surface area contributed by atoms with Gasteiger partial charge in [-0.15, -0.1) is 6.42 Å². The van der Waals surface area contributed by atoms with Crippen LogP contribution in [0.1, 0.15) is 17.7 Å². The molecule has 1 N–H and O–H groups in total. The van der Waals surface area contributed by atoms with Gasteiger partial charge in [-0.25, -0.2) is 18.6 Å². The van der Waals surface area contributed by atoms with Gasteiger partial charge in [0, 0.05) is 41.3 Å². The topological polar surface area (TPSA) is 69.6 Å². The Morgan fingerprint density at radius 2 is 2.06 bits per heavy atom. The van der Waals surface area contributed by atoms with E-state index >= 15 is 4.39 Å². The average molecular weight is 470 g/mol. The number of benzene rings is 2. The molecule has 2 fully saturated rings. The zero-order valence-corrected chi connectivity index (χ0v) is 18.8. The van der Waals surface area contributed by atoms with Crippen LogP contribution < -0.4 is 4.90 Å². The van der Waals surface area contributed by atoms with Gasteiger partial charge in [0.25, 0.3) is 0 Å². The van der Waals surface area contributed by atoms with Crippen molar-refractivity contribution >= 4 is 33.5 Å². The summed E-state index contributed by atoms with van der Waals surface area (Å²) in [7, 11) is 0. The molecule has 2 aliphatic heterocycles. The summed E-state index contributed by atoms with van der Waals surface area (Å²) in [4.78, 5) is 24.0. The highest BCUT2D eigenvalue weighted by Gasteiger charge is 2.49. The molecule has 1 amide bonds. The zero-order valence-electron chi connectivity index (χ0n) is 18.8. The third-order valence-electron chi connectivity index (χ3n) is 7.15. The number of likely N-dealkylation sites (tertiary alicyclic amines) is 1. The highest BCUT2D eigenvalue weighted by atomic mass is 19.1. The lowest BCUT2D eigenvalue weighted by Crippen LogP contribution is -2.62. The van der Waals surface area contributed by atoms with E-state index in [4.69, 9.17) is 6.42 Å². The smallest absolute Gasteiger partial charge is 0.407 e. The Kier molecular flexibility index (Phi) is 4.65. The molecule has 2 saturated heterocycles. The van der Waals surface area contributed by atoms with E-state index in [1.807, 2.05) is 6.07 Å². The number of carbonyl (C=O) groups is 1. The van der Waals surface area contributed by atoms with Gasteiger partial charge in [-0.3, -0.25) is 4.98 Å². The van der Waals surface area contributed by atoms with Crippen LogP contribution in [0.5, 0.6) is 0 Å². The van der Waals surface area contributed by atoms with Gasteiger partial charge in [-0.2, -0.15) is 0 Å². The number of halogens is 2. The van der Waals surface area contributed by atoms with Crippen LogP contribution in [0.25, 0.3) is 32.9 Å². The molecule has 2 aromatic heterocycles. The lowest BCUT2D eigenvalue weighted by atomic mass is 9.94. The van der Waals surface area contributed by atoms with E-state index in [0.29, 0.717) is 46.9 Å². The van der Waals surface area contributed by atoms with Gasteiger partial charge in [0.1, 0.15) is 17.0 Å². The van der Waals surface area contributed by atoms with Gasteiger partial charge < -0.3 is 14.9 Å². The second kappa shape index (κ2) is 7.64. The van der Waals surface area contributed by atoms with Crippen molar-refractivity contribution < 1.29 is 18.7 Å². The minimum absolute atomic E-state index is 0.0399. The van der Waals surface area contributed by atoms with E-state index in [1.165, 1.54) is 11.0 Å². The number of hydrogen-bond acceptors (Lipinski definition) is 4. The summed E-state index contributed by atoms with van der Waals surface area (Å²) in [6, 6.07) is 9.99. The van der Waals surface area contributed by atoms with E-state index in [9.17, 15) is 14.3 Å². The summed E-state index contributed by atoms with van der Waals surface area (Å²) in [6.07, 6.45) is 6.98. The van der Waals surface area contributed by atoms with Crippen molar-refractivity contribution in [2.24, 2.45) is 0 Å². The fourth-order valence-corrected chi connectivity index (χ4v) is 5.51. The summed E-state index contributed by atoms with van der Waals surface area (Å²) in [6.45, 7) is 2.81. The largest absolute Gasteiger partial charge is 0.465 e. The second-order valence-corrected chi connectivity index (χ2v) is 8.99.